The predicted octanol–water partition coefficient (Wildman–Crippen LogP) is 4.44. The highest BCUT2D eigenvalue weighted by atomic mass is 19.1. The van der Waals surface area contributed by atoms with Gasteiger partial charge in [0.25, 0.3) is 0 Å². The van der Waals surface area contributed by atoms with Crippen LogP contribution < -0.4 is 4.74 Å². The smallest absolute Gasteiger partial charge is 0.126 e. The minimum Gasteiger partial charge on any atom is -0.492 e. The molecule has 2 aromatic rings. The van der Waals surface area contributed by atoms with Crippen molar-refractivity contribution in [2.24, 2.45) is 5.92 Å². The number of benzene rings is 2. The quantitative estimate of drug-likeness (QED) is 0.855. The van der Waals surface area contributed by atoms with Crippen LogP contribution in [0.3, 0.4) is 0 Å². The summed E-state index contributed by atoms with van der Waals surface area (Å²) < 4.78 is 32.7. The van der Waals surface area contributed by atoms with Gasteiger partial charge in [-0.25, -0.2) is 8.78 Å². The zero-order chi connectivity index (χ0) is 18.7. The third-order valence-electron chi connectivity index (χ3n) is 4.55. The van der Waals surface area contributed by atoms with Gasteiger partial charge in [0, 0.05) is 31.3 Å². The van der Waals surface area contributed by atoms with Gasteiger partial charge in [0.15, 0.2) is 0 Å². The van der Waals surface area contributed by atoms with Gasteiger partial charge in [-0.2, -0.15) is 0 Å². The van der Waals surface area contributed by atoms with Gasteiger partial charge in [-0.3, -0.25) is 4.90 Å². The lowest BCUT2D eigenvalue weighted by Gasteiger charge is -2.20. The summed E-state index contributed by atoms with van der Waals surface area (Å²) in [6, 6.07) is 9.39. The van der Waals surface area contributed by atoms with Crippen molar-refractivity contribution >= 4 is 0 Å². The number of hydrogen-bond donors (Lipinski definition) is 1. The second kappa shape index (κ2) is 8.14. The van der Waals surface area contributed by atoms with Gasteiger partial charge >= 0.3 is 0 Å². The first-order valence-electron chi connectivity index (χ1n) is 9.01. The van der Waals surface area contributed by atoms with E-state index in [1.807, 2.05) is 18.2 Å². The van der Waals surface area contributed by atoms with Crippen LogP contribution in [0.1, 0.15) is 43.1 Å². The fourth-order valence-corrected chi connectivity index (χ4v) is 3.35. The van der Waals surface area contributed by atoms with Crippen molar-refractivity contribution in [3.63, 3.8) is 0 Å². The first-order valence-corrected chi connectivity index (χ1v) is 9.01. The lowest BCUT2D eigenvalue weighted by atomic mass is 9.97. The molecule has 0 aromatic heterocycles. The number of rotatable bonds is 5. The lowest BCUT2D eigenvalue weighted by molar-refractivity contribution is 0.151. The van der Waals surface area contributed by atoms with E-state index >= 15 is 0 Å². The van der Waals surface area contributed by atoms with E-state index in [0.29, 0.717) is 44.1 Å². The summed E-state index contributed by atoms with van der Waals surface area (Å²) in [6.07, 6.45) is 0.195. The van der Waals surface area contributed by atoms with E-state index in [2.05, 4.69) is 18.7 Å². The average Bonchev–Trinajstić information content (AvgIpc) is 2.74. The molecular weight excluding hydrogens is 336 g/mol. The molecule has 0 spiro atoms. The van der Waals surface area contributed by atoms with Gasteiger partial charge in [-0.15, -0.1) is 0 Å². The summed E-state index contributed by atoms with van der Waals surface area (Å²) in [7, 11) is 0. The summed E-state index contributed by atoms with van der Waals surface area (Å²) in [6.45, 7) is 6.38. The molecule has 1 aliphatic rings. The third-order valence-corrected chi connectivity index (χ3v) is 4.55. The Morgan fingerprint density at radius 3 is 2.54 bits per heavy atom. The molecule has 0 saturated heterocycles. The van der Waals surface area contributed by atoms with Gasteiger partial charge < -0.3 is 9.84 Å². The van der Waals surface area contributed by atoms with Crippen LogP contribution in [0, 0.1) is 17.6 Å². The molecule has 1 N–H and O–H groups in total. The minimum absolute atomic E-state index is 0.402. The van der Waals surface area contributed by atoms with Crippen LogP contribution in [0.2, 0.25) is 0 Å². The Morgan fingerprint density at radius 2 is 1.85 bits per heavy atom. The van der Waals surface area contributed by atoms with Gasteiger partial charge in [0.1, 0.15) is 24.0 Å². The summed E-state index contributed by atoms with van der Waals surface area (Å²) in [5, 5.41) is 10.4. The molecule has 3 nitrogen and oxygen atoms in total. The van der Waals surface area contributed by atoms with Crippen molar-refractivity contribution in [3.8, 4) is 5.75 Å². The Bertz CT molecular complexity index is 743. The van der Waals surface area contributed by atoms with Gasteiger partial charge in [-0.05, 0) is 47.7 Å². The summed E-state index contributed by atoms with van der Waals surface area (Å²) in [5.74, 6) is 0.0778. The number of halogens is 2. The molecular formula is C21H25F2NO2. The van der Waals surface area contributed by atoms with E-state index in [1.165, 1.54) is 12.1 Å². The van der Waals surface area contributed by atoms with Crippen LogP contribution in [-0.4, -0.2) is 23.2 Å². The second-order valence-corrected chi connectivity index (χ2v) is 7.35. The molecule has 0 amide bonds. The Kier molecular flexibility index (Phi) is 5.89. The van der Waals surface area contributed by atoms with E-state index in [-0.39, 0.29) is 0 Å². The molecule has 0 bridgehead atoms. The van der Waals surface area contributed by atoms with E-state index < -0.39 is 17.7 Å². The van der Waals surface area contributed by atoms with Crippen molar-refractivity contribution in [2.75, 3.05) is 13.2 Å². The first-order chi connectivity index (χ1) is 12.4. The predicted molar refractivity (Wildman–Crippen MR) is 96.8 cm³/mol. The molecule has 3 rings (SSSR count). The topological polar surface area (TPSA) is 32.7 Å². The Balaban J connectivity index is 1.77. The Hall–Kier alpha value is -1.98. The van der Waals surface area contributed by atoms with E-state index in [9.17, 15) is 13.9 Å². The molecule has 0 aliphatic carbocycles. The van der Waals surface area contributed by atoms with E-state index in [4.69, 9.17) is 4.74 Å². The zero-order valence-corrected chi connectivity index (χ0v) is 15.2. The normalized spacial score (nSPS) is 16.1. The second-order valence-electron chi connectivity index (χ2n) is 7.35. The van der Waals surface area contributed by atoms with E-state index in [1.54, 1.807) is 0 Å². The highest BCUT2D eigenvalue weighted by molar-refractivity contribution is 5.38. The van der Waals surface area contributed by atoms with Gasteiger partial charge in [0.2, 0.25) is 0 Å². The Morgan fingerprint density at radius 1 is 1.12 bits per heavy atom. The number of hydrogen-bond acceptors (Lipinski definition) is 3. The highest BCUT2D eigenvalue weighted by Gasteiger charge is 2.19. The highest BCUT2D eigenvalue weighted by Crippen LogP contribution is 2.29. The molecule has 5 heteroatoms. The summed E-state index contributed by atoms with van der Waals surface area (Å²) in [5.41, 5.74) is 2.46. The number of aliphatic hydroxyl groups excluding tert-OH is 1. The van der Waals surface area contributed by atoms with Crippen molar-refractivity contribution < 1.29 is 18.6 Å². The molecule has 2 aromatic carbocycles. The standard InChI is InChI=1S/C21H25F2NO2/c1-14(2)7-20(25)16-3-4-21-17(10-16)13-24(5-6-26-21)12-15-8-18(22)11-19(23)9-15/h3-4,8-11,14,20,25H,5-7,12-13H2,1-2H3/t20-/m0/s1. The molecule has 0 fully saturated rings. The molecule has 0 saturated carbocycles. The average molecular weight is 361 g/mol. The molecule has 1 aliphatic heterocycles. The fraction of sp³-hybridized carbons (Fsp3) is 0.429. The molecule has 1 atom stereocenters. The summed E-state index contributed by atoms with van der Waals surface area (Å²) in [4.78, 5) is 2.10. The van der Waals surface area contributed by atoms with Gasteiger partial charge in [-0.1, -0.05) is 19.9 Å². The van der Waals surface area contributed by atoms with Crippen LogP contribution in [0.5, 0.6) is 5.75 Å². The maximum absolute atomic E-state index is 13.4. The number of nitrogens with zero attached hydrogens (tertiary/aromatic N) is 1. The third kappa shape index (κ3) is 4.80. The largest absolute Gasteiger partial charge is 0.492 e. The van der Waals surface area contributed by atoms with Crippen LogP contribution in [-0.2, 0) is 13.1 Å². The number of fused-ring (bicyclic) bond motifs is 1. The van der Waals surface area contributed by atoms with Crippen molar-refractivity contribution in [2.45, 2.75) is 39.5 Å². The maximum Gasteiger partial charge on any atom is 0.126 e. The van der Waals surface area contributed by atoms with Crippen LogP contribution in [0.4, 0.5) is 8.78 Å². The Labute approximate surface area is 153 Å². The molecule has 140 valence electrons. The summed E-state index contributed by atoms with van der Waals surface area (Å²) >= 11 is 0. The molecule has 1 heterocycles. The first kappa shape index (κ1) is 18.8. The molecule has 0 radical (unpaired) electrons. The lowest BCUT2D eigenvalue weighted by Crippen LogP contribution is -2.25. The van der Waals surface area contributed by atoms with Gasteiger partial charge in [0.05, 0.1) is 6.10 Å². The van der Waals surface area contributed by atoms with Crippen molar-refractivity contribution in [1.29, 1.82) is 0 Å². The van der Waals surface area contributed by atoms with Crippen LogP contribution in [0.15, 0.2) is 36.4 Å². The molecule has 0 unspecified atom stereocenters. The van der Waals surface area contributed by atoms with Crippen LogP contribution >= 0.6 is 0 Å². The monoisotopic (exact) mass is 361 g/mol. The maximum atomic E-state index is 13.4. The molecule has 26 heavy (non-hydrogen) atoms. The number of aliphatic hydroxyl groups is 1. The zero-order valence-electron chi connectivity index (χ0n) is 15.2. The fourth-order valence-electron chi connectivity index (χ4n) is 3.35. The number of ether oxygens (including phenoxy) is 1. The van der Waals surface area contributed by atoms with Crippen molar-refractivity contribution in [3.05, 3.63) is 64.7 Å². The SMILES string of the molecule is CC(C)C[C@H](O)c1ccc2c(c1)CN(Cc1cc(F)cc(F)c1)CCO2. The van der Waals surface area contributed by atoms with Crippen molar-refractivity contribution in [1.82, 2.24) is 4.90 Å². The van der Waals surface area contributed by atoms with Crippen LogP contribution in [0.25, 0.3) is 0 Å². The minimum atomic E-state index is -0.564. The van der Waals surface area contributed by atoms with E-state index in [0.717, 1.165) is 22.9 Å².